The minimum atomic E-state index is -0.841. The van der Waals surface area contributed by atoms with Crippen LogP contribution < -0.4 is 5.32 Å². The number of benzene rings is 1. The first kappa shape index (κ1) is 10.0. The molecule has 1 aromatic carbocycles. The van der Waals surface area contributed by atoms with Crippen LogP contribution in [0.1, 0.15) is 0 Å². The van der Waals surface area contributed by atoms with Crippen molar-refractivity contribution in [3.8, 4) is 10.4 Å². The van der Waals surface area contributed by atoms with Crippen LogP contribution in [0.25, 0.3) is 10.4 Å². The van der Waals surface area contributed by atoms with E-state index in [1.54, 1.807) is 13.2 Å². The zero-order chi connectivity index (χ0) is 10.8. The van der Waals surface area contributed by atoms with E-state index in [0.717, 1.165) is 16.1 Å². The summed E-state index contributed by atoms with van der Waals surface area (Å²) in [6, 6.07) is 3.82. The third kappa shape index (κ3) is 1.97. The Kier molecular flexibility index (Phi) is 2.64. The maximum absolute atomic E-state index is 12.9. The number of rotatable bonds is 2. The quantitative estimate of drug-likeness (QED) is 0.851. The maximum Gasteiger partial charge on any atom is 0.182 e. The van der Waals surface area contributed by atoms with Gasteiger partial charge in [-0.3, -0.25) is 0 Å². The summed E-state index contributed by atoms with van der Waals surface area (Å²) in [7, 11) is 1.76. The molecule has 0 aliphatic rings. The summed E-state index contributed by atoms with van der Waals surface area (Å²) in [4.78, 5) is 4.86. The van der Waals surface area contributed by atoms with Gasteiger partial charge in [-0.15, -0.1) is 0 Å². The highest BCUT2D eigenvalue weighted by Crippen LogP contribution is 2.29. The van der Waals surface area contributed by atoms with Gasteiger partial charge in [0.15, 0.2) is 16.8 Å². The lowest BCUT2D eigenvalue weighted by molar-refractivity contribution is 0.509. The van der Waals surface area contributed by atoms with Crippen molar-refractivity contribution >= 4 is 16.5 Å². The Bertz CT molecular complexity index is 482. The lowest BCUT2D eigenvalue weighted by Gasteiger charge is -1.97. The zero-order valence-electron chi connectivity index (χ0n) is 7.92. The van der Waals surface area contributed by atoms with Crippen LogP contribution in [-0.4, -0.2) is 12.0 Å². The van der Waals surface area contributed by atoms with Crippen molar-refractivity contribution in [1.82, 2.24) is 4.98 Å². The molecule has 0 saturated heterocycles. The number of nitrogens with zero attached hydrogens (tertiary/aromatic N) is 1. The monoisotopic (exact) mass is 226 g/mol. The summed E-state index contributed by atoms with van der Waals surface area (Å²) < 4.78 is 25.6. The van der Waals surface area contributed by atoms with Crippen LogP contribution in [0.4, 0.5) is 13.9 Å². The van der Waals surface area contributed by atoms with E-state index >= 15 is 0 Å². The second kappa shape index (κ2) is 3.94. The van der Waals surface area contributed by atoms with Crippen molar-refractivity contribution in [1.29, 1.82) is 0 Å². The van der Waals surface area contributed by atoms with Crippen molar-refractivity contribution in [2.24, 2.45) is 0 Å². The maximum atomic E-state index is 12.9. The molecule has 2 aromatic rings. The summed E-state index contributed by atoms with van der Waals surface area (Å²) >= 11 is 1.39. The standard InChI is InChI=1S/C10H8F2N2S/c1-13-10-14-5-9(15-10)6-2-3-7(11)8(12)4-6/h2-5H,1H3,(H,13,14). The van der Waals surface area contributed by atoms with Gasteiger partial charge in [-0.1, -0.05) is 17.4 Å². The fourth-order valence-corrected chi connectivity index (χ4v) is 1.94. The molecule has 0 atom stereocenters. The van der Waals surface area contributed by atoms with Gasteiger partial charge in [0.25, 0.3) is 0 Å². The normalized spacial score (nSPS) is 10.3. The summed E-state index contributed by atoms with van der Waals surface area (Å²) in [6.07, 6.45) is 1.63. The van der Waals surface area contributed by atoms with E-state index in [2.05, 4.69) is 10.3 Å². The third-order valence-corrected chi connectivity index (χ3v) is 2.99. The Labute approximate surface area is 89.6 Å². The summed E-state index contributed by atoms with van der Waals surface area (Å²) in [5.41, 5.74) is 0.632. The number of halogens is 2. The van der Waals surface area contributed by atoms with Crippen LogP contribution in [0.5, 0.6) is 0 Å². The van der Waals surface area contributed by atoms with E-state index in [0.29, 0.717) is 5.56 Å². The van der Waals surface area contributed by atoms with Crippen LogP contribution in [0.3, 0.4) is 0 Å². The van der Waals surface area contributed by atoms with Crippen LogP contribution in [-0.2, 0) is 0 Å². The van der Waals surface area contributed by atoms with Gasteiger partial charge in [-0.05, 0) is 17.7 Å². The number of hydrogen-bond donors (Lipinski definition) is 1. The third-order valence-electron chi connectivity index (χ3n) is 1.92. The molecular formula is C10H8F2N2S. The minimum absolute atomic E-state index is 0.632. The second-order valence-electron chi connectivity index (χ2n) is 2.91. The minimum Gasteiger partial charge on any atom is -0.365 e. The van der Waals surface area contributed by atoms with Crippen molar-refractivity contribution in [3.05, 3.63) is 36.0 Å². The fraction of sp³-hybridized carbons (Fsp3) is 0.100. The molecule has 2 nitrogen and oxygen atoms in total. The van der Waals surface area contributed by atoms with Gasteiger partial charge in [-0.25, -0.2) is 13.8 Å². The van der Waals surface area contributed by atoms with Crippen LogP contribution >= 0.6 is 11.3 Å². The van der Waals surface area contributed by atoms with Gasteiger partial charge in [0.05, 0.1) is 4.88 Å². The largest absolute Gasteiger partial charge is 0.365 e. The topological polar surface area (TPSA) is 24.9 Å². The Morgan fingerprint density at radius 1 is 1.27 bits per heavy atom. The van der Waals surface area contributed by atoms with Crippen LogP contribution in [0, 0.1) is 11.6 Å². The predicted octanol–water partition coefficient (Wildman–Crippen LogP) is 3.13. The smallest absolute Gasteiger partial charge is 0.182 e. The molecule has 15 heavy (non-hydrogen) atoms. The van der Waals surface area contributed by atoms with E-state index in [9.17, 15) is 8.78 Å². The number of hydrogen-bond acceptors (Lipinski definition) is 3. The SMILES string of the molecule is CNc1ncc(-c2ccc(F)c(F)c2)s1. The van der Waals surface area contributed by atoms with Crippen molar-refractivity contribution < 1.29 is 8.78 Å². The van der Waals surface area contributed by atoms with Crippen molar-refractivity contribution in [2.45, 2.75) is 0 Å². The van der Waals surface area contributed by atoms with E-state index in [1.165, 1.54) is 23.5 Å². The number of anilines is 1. The summed E-state index contributed by atoms with van der Waals surface area (Å²) in [6.45, 7) is 0. The molecule has 0 bridgehead atoms. The molecule has 1 N–H and O–H groups in total. The molecule has 0 spiro atoms. The van der Waals surface area contributed by atoms with Crippen LogP contribution in [0.15, 0.2) is 24.4 Å². The Balaban J connectivity index is 2.40. The van der Waals surface area contributed by atoms with Crippen molar-refractivity contribution in [3.63, 3.8) is 0 Å². The Morgan fingerprint density at radius 2 is 2.07 bits per heavy atom. The van der Waals surface area contributed by atoms with Gasteiger partial charge in [0.1, 0.15) is 0 Å². The first-order chi connectivity index (χ1) is 7.20. The lowest BCUT2D eigenvalue weighted by atomic mass is 10.2. The molecule has 0 saturated carbocycles. The molecular weight excluding hydrogens is 218 g/mol. The highest BCUT2D eigenvalue weighted by molar-refractivity contribution is 7.18. The molecule has 0 fully saturated rings. The van der Waals surface area contributed by atoms with Gasteiger partial charge < -0.3 is 5.32 Å². The van der Waals surface area contributed by atoms with E-state index in [-0.39, 0.29) is 0 Å². The number of nitrogens with one attached hydrogen (secondary N) is 1. The van der Waals surface area contributed by atoms with E-state index in [1.807, 2.05) is 0 Å². The molecule has 0 aliphatic carbocycles. The van der Waals surface area contributed by atoms with Gasteiger partial charge in [0, 0.05) is 13.2 Å². The summed E-state index contributed by atoms with van der Waals surface area (Å²) in [5, 5.41) is 3.63. The Morgan fingerprint density at radius 3 is 2.67 bits per heavy atom. The molecule has 5 heteroatoms. The molecule has 1 heterocycles. The molecule has 78 valence electrons. The lowest BCUT2D eigenvalue weighted by Crippen LogP contribution is -1.83. The first-order valence-corrected chi connectivity index (χ1v) is 5.11. The number of thiazole rings is 1. The molecule has 0 amide bonds. The molecule has 0 aliphatic heterocycles. The summed E-state index contributed by atoms with van der Waals surface area (Å²) in [5.74, 6) is -1.68. The average Bonchev–Trinajstić information content (AvgIpc) is 2.70. The second-order valence-corrected chi connectivity index (χ2v) is 3.94. The number of aromatic nitrogens is 1. The van der Waals surface area contributed by atoms with E-state index < -0.39 is 11.6 Å². The fourth-order valence-electron chi connectivity index (χ4n) is 1.17. The molecule has 2 rings (SSSR count). The van der Waals surface area contributed by atoms with E-state index in [4.69, 9.17) is 0 Å². The van der Waals surface area contributed by atoms with Gasteiger partial charge in [0.2, 0.25) is 0 Å². The molecule has 0 unspecified atom stereocenters. The predicted molar refractivity (Wildman–Crippen MR) is 57.0 cm³/mol. The zero-order valence-corrected chi connectivity index (χ0v) is 8.74. The average molecular weight is 226 g/mol. The van der Waals surface area contributed by atoms with Crippen molar-refractivity contribution in [2.75, 3.05) is 12.4 Å². The molecule has 0 radical (unpaired) electrons. The first-order valence-electron chi connectivity index (χ1n) is 4.29. The van der Waals surface area contributed by atoms with Gasteiger partial charge in [-0.2, -0.15) is 0 Å². The highest BCUT2D eigenvalue weighted by atomic mass is 32.1. The highest BCUT2D eigenvalue weighted by Gasteiger charge is 2.07. The van der Waals surface area contributed by atoms with Crippen LogP contribution in [0.2, 0.25) is 0 Å². The van der Waals surface area contributed by atoms with Gasteiger partial charge >= 0.3 is 0 Å². The molecule has 1 aromatic heterocycles. The Hall–Kier alpha value is -1.49.